The van der Waals surface area contributed by atoms with Crippen molar-refractivity contribution in [2.45, 2.75) is 10.8 Å². The molecule has 0 aliphatic rings. The van der Waals surface area contributed by atoms with Crippen molar-refractivity contribution in [1.82, 2.24) is 19.5 Å². The third-order valence-electron chi connectivity index (χ3n) is 2.85. The number of rotatable bonds is 7. The zero-order chi connectivity index (χ0) is 17.0. The Labute approximate surface area is 150 Å². The minimum Gasteiger partial charge on any atom is -0.473 e. The van der Waals surface area contributed by atoms with Crippen molar-refractivity contribution >= 4 is 43.1 Å². The maximum absolute atomic E-state index is 12.3. The summed E-state index contributed by atoms with van der Waals surface area (Å²) < 4.78 is 35.1. The molecule has 126 valence electrons. The first kappa shape index (κ1) is 16.9. The van der Waals surface area contributed by atoms with Crippen LogP contribution < -0.4 is 9.46 Å². The van der Waals surface area contributed by atoms with Crippen molar-refractivity contribution in [1.29, 1.82) is 0 Å². The molecular formula is C13H12BrN5O3S2. The smallest absolute Gasteiger partial charge is 0.272 e. The van der Waals surface area contributed by atoms with Gasteiger partial charge in [0.05, 0.1) is 19.1 Å². The highest BCUT2D eigenvalue weighted by molar-refractivity contribution is 9.10. The SMILES string of the molecule is O=S(=O)(Nc1ncc(Br)nc1OCCn1ccnc1)c1cccs1. The summed E-state index contributed by atoms with van der Waals surface area (Å²) in [6.45, 7) is 0.834. The molecule has 1 N–H and O–H groups in total. The maximum atomic E-state index is 12.3. The number of hydrogen-bond acceptors (Lipinski definition) is 7. The number of halogens is 1. The second kappa shape index (κ2) is 7.28. The second-order valence-electron chi connectivity index (χ2n) is 4.53. The van der Waals surface area contributed by atoms with E-state index in [1.807, 2.05) is 4.57 Å². The fourth-order valence-corrected chi connectivity index (χ4v) is 4.05. The number of aromatic nitrogens is 4. The lowest BCUT2D eigenvalue weighted by atomic mass is 10.6. The predicted octanol–water partition coefficient (Wildman–Crippen LogP) is 2.38. The highest BCUT2D eigenvalue weighted by Crippen LogP contribution is 2.25. The van der Waals surface area contributed by atoms with Gasteiger partial charge in [0.1, 0.15) is 15.4 Å². The number of thiophene rings is 1. The van der Waals surface area contributed by atoms with Gasteiger partial charge in [-0.1, -0.05) is 6.07 Å². The Balaban J connectivity index is 1.75. The van der Waals surface area contributed by atoms with E-state index in [0.717, 1.165) is 11.3 Å². The minimum atomic E-state index is -3.72. The molecule has 0 saturated heterocycles. The predicted molar refractivity (Wildman–Crippen MR) is 92.6 cm³/mol. The summed E-state index contributed by atoms with van der Waals surface area (Å²) in [5.74, 6) is 0.141. The standard InChI is InChI=1S/C13H12BrN5O3S2/c14-10-8-16-12(18-24(20,21)11-2-1-7-23-11)13(17-10)22-6-5-19-4-3-15-9-19/h1-4,7-9H,5-6H2,(H,16,18). The fourth-order valence-electron chi connectivity index (χ4n) is 1.78. The molecule has 0 aliphatic carbocycles. The average molecular weight is 430 g/mol. The third kappa shape index (κ3) is 4.10. The number of hydrogen-bond donors (Lipinski definition) is 1. The van der Waals surface area contributed by atoms with Gasteiger partial charge in [-0.25, -0.2) is 23.4 Å². The van der Waals surface area contributed by atoms with Crippen LogP contribution in [-0.2, 0) is 16.6 Å². The first-order valence-electron chi connectivity index (χ1n) is 6.72. The van der Waals surface area contributed by atoms with Crippen molar-refractivity contribution in [3.05, 3.63) is 47.0 Å². The molecule has 24 heavy (non-hydrogen) atoms. The Morgan fingerprint density at radius 1 is 1.42 bits per heavy atom. The normalized spacial score (nSPS) is 11.4. The van der Waals surface area contributed by atoms with Gasteiger partial charge in [0.15, 0.2) is 0 Å². The van der Waals surface area contributed by atoms with Gasteiger partial charge in [-0.3, -0.25) is 4.72 Å². The van der Waals surface area contributed by atoms with Crippen molar-refractivity contribution < 1.29 is 13.2 Å². The van der Waals surface area contributed by atoms with Gasteiger partial charge in [-0.2, -0.15) is 0 Å². The van der Waals surface area contributed by atoms with E-state index in [0.29, 0.717) is 11.1 Å². The van der Waals surface area contributed by atoms with E-state index in [1.165, 1.54) is 12.3 Å². The first-order valence-corrected chi connectivity index (χ1v) is 9.87. The molecule has 3 rings (SSSR count). The number of nitrogens with zero attached hydrogens (tertiary/aromatic N) is 4. The molecule has 0 atom stereocenters. The van der Waals surface area contributed by atoms with E-state index in [2.05, 4.69) is 35.6 Å². The summed E-state index contributed by atoms with van der Waals surface area (Å²) in [7, 11) is -3.72. The van der Waals surface area contributed by atoms with Crippen LogP contribution in [0.5, 0.6) is 5.88 Å². The van der Waals surface area contributed by atoms with E-state index in [-0.39, 0.29) is 22.5 Å². The molecular weight excluding hydrogens is 418 g/mol. The molecule has 0 aliphatic heterocycles. The van der Waals surface area contributed by atoms with Crippen LogP contribution in [0.2, 0.25) is 0 Å². The molecule has 0 amide bonds. The van der Waals surface area contributed by atoms with Crippen molar-refractivity contribution in [2.75, 3.05) is 11.3 Å². The Morgan fingerprint density at radius 2 is 2.29 bits per heavy atom. The van der Waals surface area contributed by atoms with E-state index >= 15 is 0 Å². The van der Waals surface area contributed by atoms with Crippen LogP contribution in [0, 0.1) is 0 Å². The van der Waals surface area contributed by atoms with Crippen LogP contribution in [0.15, 0.2) is 51.2 Å². The van der Waals surface area contributed by atoms with Crippen LogP contribution in [0.3, 0.4) is 0 Å². The molecule has 0 fully saturated rings. The van der Waals surface area contributed by atoms with Crippen LogP contribution in [0.4, 0.5) is 5.82 Å². The van der Waals surface area contributed by atoms with Crippen LogP contribution in [0.1, 0.15) is 0 Å². The second-order valence-corrected chi connectivity index (χ2v) is 8.20. The zero-order valence-electron chi connectivity index (χ0n) is 12.2. The number of nitrogens with one attached hydrogen (secondary N) is 1. The highest BCUT2D eigenvalue weighted by atomic mass is 79.9. The summed E-state index contributed by atoms with van der Waals surface area (Å²) in [6.07, 6.45) is 6.53. The molecule has 0 aromatic carbocycles. The molecule has 0 bridgehead atoms. The van der Waals surface area contributed by atoms with Gasteiger partial charge in [-0.05, 0) is 27.4 Å². The molecule has 8 nitrogen and oxygen atoms in total. The van der Waals surface area contributed by atoms with Gasteiger partial charge in [-0.15, -0.1) is 11.3 Å². The Bertz CT molecular complexity index is 898. The lowest BCUT2D eigenvalue weighted by Gasteiger charge is -2.11. The van der Waals surface area contributed by atoms with Gasteiger partial charge >= 0.3 is 0 Å². The van der Waals surface area contributed by atoms with Crippen molar-refractivity contribution in [3.63, 3.8) is 0 Å². The Hall–Kier alpha value is -1.98. The quantitative estimate of drug-likeness (QED) is 0.618. The largest absolute Gasteiger partial charge is 0.473 e. The lowest BCUT2D eigenvalue weighted by Crippen LogP contribution is -2.15. The maximum Gasteiger partial charge on any atom is 0.272 e. The topological polar surface area (TPSA) is 99.0 Å². The van der Waals surface area contributed by atoms with Gasteiger partial charge in [0.2, 0.25) is 5.82 Å². The van der Waals surface area contributed by atoms with E-state index in [1.54, 1.807) is 30.2 Å². The van der Waals surface area contributed by atoms with E-state index in [4.69, 9.17) is 4.74 Å². The third-order valence-corrected chi connectivity index (χ3v) is 5.97. The number of imidazole rings is 1. The molecule has 11 heteroatoms. The zero-order valence-corrected chi connectivity index (χ0v) is 15.4. The van der Waals surface area contributed by atoms with E-state index < -0.39 is 10.0 Å². The molecule has 3 aromatic heterocycles. The van der Waals surface area contributed by atoms with E-state index in [9.17, 15) is 8.42 Å². The summed E-state index contributed by atoms with van der Waals surface area (Å²) in [6, 6.07) is 3.17. The number of sulfonamides is 1. The van der Waals surface area contributed by atoms with Crippen LogP contribution in [-0.4, -0.2) is 34.5 Å². The molecule has 3 aromatic rings. The average Bonchev–Trinajstić information content (AvgIpc) is 3.23. The summed E-state index contributed by atoms with van der Waals surface area (Å²) in [5, 5.41) is 1.68. The first-order chi connectivity index (χ1) is 11.5. The van der Waals surface area contributed by atoms with Gasteiger partial charge in [0.25, 0.3) is 15.9 Å². The number of anilines is 1. The van der Waals surface area contributed by atoms with Crippen molar-refractivity contribution in [2.24, 2.45) is 0 Å². The molecule has 3 heterocycles. The van der Waals surface area contributed by atoms with Gasteiger partial charge < -0.3 is 9.30 Å². The molecule has 0 radical (unpaired) electrons. The van der Waals surface area contributed by atoms with Crippen LogP contribution >= 0.6 is 27.3 Å². The summed E-state index contributed by atoms with van der Waals surface area (Å²) in [4.78, 5) is 12.1. The summed E-state index contributed by atoms with van der Waals surface area (Å²) in [5.41, 5.74) is 0. The molecule has 0 saturated carbocycles. The summed E-state index contributed by atoms with van der Waals surface area (Å²) >= 11 is 4.32. The fraction of sp³-hybridized carbons (Fsp3) is 0.154. The Morgan fingerprint density at radius 3 is 3.00 bits per heavy atom. The minimum absolute atomic E-state index is 0.0391. The van der Waals surface area contributed by atoms with Crippen LogP contribution in [0.25, 0.3) is 0 Å². The highest BCUT2D eigenvalue weighted by Gasteiger charge is 2.19. The monoisotopic (exact) mass is 429 g/mol. The van der Waals surface area contributed by atoms with Crippen molar-refractivity contribution in [3.8, 4) is 5.88 Å². The van der Waals surface area contributed by atoms with Gasteiger partial charge in [0, 0.05) is 12.4 Å². The Kier molecular flexibility index (Phi) is 5.11. The molecule has 0 unspecified atom stereocenters. The lowest BCUT2D eigenvalue weighted by molar-refractivity contribution is 0.287. The number of ether oxygens (including phenoxy) is 1. The molecule has 0 spiro atoms.